The second-order valence-corrected chi connectivity index (χ2v) is 5.59. The van der Waals surface area contributed by atoms with E-state index in [9.17, 15) is 9.59 Å². The van der Waals surface area contributed by atoms with E-state index in [1.165, 1.54) is 14.2 Å². The van der Waals surface area contributed by atoms with Crippen molar-refractivity contribution in [2.45, 2.75) is 6.42 Å². The van der Waals surface area contributed by atoms with Crippen LogP contribution in [0, 0.1) is 23.7 Å². The van der Waals surface area contributed by atoms with Gasteiger partial charge in [-0.15, -0.1) is 0 Å². The molecule has 0 spiro atoms. The van der Waals surface area contributed by atoms with Gasteiger partial charge < -0.3 is 9.47 Å². The minimum atomic E-state index is -0.437. The van der Waals surface area contributed by atoms with Crippen LogP contribution in [-0.4, -0.2) is 26.2 Å². The molecule has 2 aliphatic rings. The molecule has 4 atom stereocenters. The fraction of sp³-hybridized carbons (Fsp3) is 0.412. The van der Waals surface area contributed by atoms with Gasteiger partial charge in [-0.2, -0.15) is 0 Å². The van der Waals surface area contributed by atoms with Crippen LogP contribution in [0.25, 0.3) is 5.57 Å². The number of hydrogen-bond acceptors (Lipinski definition) is 4. The van der Waals surface area contributed by atoms with Gasteiger partial charge in [-0.3, -0.25) is 9.59 Å². The number of ether oxygens (including phenoxy) is 2. The van der Waals surface area contributed by atoms with E-state index in [-0.39, 0.29) is 23.8 Å². The number of rotatable bonds is 3. The third-order valence-corrected chi connectivity index (χ3v) is 4.65. The molecule has 0 heterocycles. The number of hydrogen-bond donors (Lipinski definition) is 0. The Bertz CT molecular complexity index is 590. The lowest BCUT2D eigenvalue weighted by Crippen LogP contribution is -2.35. The lowest BCUT2D eigenvalue weighted by molar-refractivity contribution is -0.157. The number of benzene rings is 1. The Labute approximate surface area is 123 Å². The van der Waals surface area contributed by atoms with Crippen molar-refractivity contribution in [1.29, 1.82) is 0 Å². The second kappa shape index (κ2) is 5.35. The molecule has 110 valence electrons. The number of carbonyl (C=O) groups excluding carboxylic acids is 2. The van der Waals surface area contributed by atoms with Crippen molar-refractivity contribution < 1.29 is 19.1 Å². The molecule has 4 nitrogen and oxygen atoms in total. The van der Waals surface area contributed by atoms with Crippen LogP contribution in [0.4, 0.5) is 0 Å². The molecular weight excluding hydrogens is 268 g/mol. The highest BCUT2D eigenvalue weighted by Crippen LogP contribution is 2.55. The maximum atomic E-state index is 12.2. The molecule has 21 heavy (non-hydrogen) atoms. The fourth-order valence-electron chi connectivity index (χ4n) is 3.79. The van der Waals surface area contributed by atoms with Gasteiger partial charge in [0.05, 0.1) is 26.1 Å². The van der Waals surface area contributed by atoms with Gasteiger partial charge in [-0.05, 0) is 29.4 Å². The van der Waals surface area contributed by atoms with Crippen molar-refractivity contribution in [3.63, 3.8) is 0 Å². The molecule has 0 saturated heterocycles. The number of allylic oxidation sites excluding steroid dienone is 2. The van der Waals surface area contributed by atoms with Crippen LogP contribution in [0.2, 0.25) is 0 Å². The normalized spacial score (nSPS) is 29.9. The Morgan fingerprint density at radius 3 is 2.24 bits per heavy atom. The summed E-state index contributed by atoms with van der Waals surface area (Å²) < 4.78 is 9.80. The predicted molar refractivity (Wildman–Crippen MR) is 77.0 cm³/mol. The summed E-state index contributed by atoms with van der Waals surface area (Å²) in [5, 5.41) is 0. The van der Waals surface area contributed by atoms with Gasteiger partial charge in [0.25, 0.3) is 0 Å². The molecule has 0 N–H and O–H groups in total. The van der Waals surface area contributed by atoms with E-state index in [1.807, 2.05) is 30.3 Å². The van der Waals surface area contributed by atoms with Gasteiger partial charge in [-0.1, -0.05) is 36.4 Å². The average Bonchev–Trinajstić information content (AvgIpc) is 3.12. The Balaban J connectivity index is 1.98. The lowest BCUT2D eigenvalue weighted by Gasteiger charge is -2.27. The molecule has 0 aliphatic heterocycles. The van der Waals surface area contributed by atoms with Gasteiger partial charge in [-0.25, -0.2) is 0 Å². The second-order valence-electron chi connectivity index (χ2n) is 5.59. The molecule has 2 bridgehead atoms. The summed E-state index contributed by atoms with van der Waals surface area (Å²) in [5.41, 5.74) is 2.26. The number of fused-ring (bicyclic) bond motifs is 2. The third kappa shape index (κ3) is 2.15. The first-order chi connectivity index (χ1) is 10.2. The van der Waals surface area contributed by atoms with Crippen LogP contribution in [0.1, 0.15) is 12.0 Å². The largest absolute Gasteiger partial charge is 0.469 e. The van der Waals surface area contributed by atoms with Crippen molar-refractivity contribution in [1.82, 2.24) is 0 Å². The van der Waals surface area contributed by atoms with Crippen LogP contribution in [0.5, 0.6) is 0 Å². The highest BCUT2D eigenvalue weighted by atomic mass is 16.5. The van der Waals surface area contributed by atoms with Gasteiger partial charge in [0.2, 0.25) is 0 Å². The van der Waals surface area contributed by atoms with Crippen LogP contribution in [-0.2, 0) is 19.1 Å². The van der Waals surface area contributed by atoms with E-state index in [2.05, 4.69) is 6.08 Å². The quantitative estimate of drug-likeness (QED) is 0.800. The lowest BCUT2D eigenvalue weighted by atomic mass is 9.77. The minimum Gasteiger partial charge on any atom is -0.469 e. The van der Waals surface area contributed by atoms with Crippen LogP contribution < -0.4 is 0 Å². The molecule has 3 rings (SSSR count). The molecule has 0 amide bonds. The molecule has 1 saturated carbocycles. The van der Waals surface area contributed by atoms with Crippen LogP contribution in [0.15, 0.2) is 36.4 Å². The van der Waals surface area contributed by atoms with Crippen molar-refractivity contribution in [2.75, 3.05) is 14.2 Å². The highest BCUT2D eigenvalue weighted by molar-refractivity contribution is 5.88. The summed E-state index contributed by atoms with van der Waals surface area (Å²) in [4.78, 5) is 24.2. The zero-order valence-corrected chi connectivity index (χ0v) is 12.1. The molecule has 0 radical (unpaired) electrons. The molecule has 1 aromatic rings. The van der Waals surface area contributed by atoms with Crippen LogP contribution >= 0.6 is 0 Å². The SMILES string of the molecule is COC(=O)[C@@H]1[C@H](C(=O)OC)[C@@H]2C=C(c3ccccc3)[C@H]1C2. The summed E-state index contributed by atoms with van der Waals surface area (Å²) >= 11 is 0. The Morgan fingerprint density at radius 1 is 1.00 bits per heavy atom. The van der Waals surface area contributed by atoms with Gasteiger partial charge in [0, 0.05) is 0 Å². The minimum absolute atomic E-state index is 0.0361. The molecule has 0 unspecified atom stereocenters. The van der Waals surface area contributed by atoms with Gasteiger partial charge in [0.15, 0.2) is 0 Å². The Morgan fingerprint density at radius 2 is 1.62 bits per heavy atom. The Kier molecular flexibility index (Phi) is 3.53. The average molecular weight is 286 g/mol. The maximum absolute atomic E-state index is 12.2. The van der Waals surface area contributed by atoms with Crippen molar-refractivity contribution >= 4 is 17.5 Å². The summed E-state index contributed by atoms with van der Waals surface area (Å²) in [6.07, 6.45) is 2.94. The van der Waals surface area contributed by atoms with E-state index in [0.29, 0.717) is 0 Å². The summed E-state index contributed by atoms with van der Waals surface area (Å²) in [5.74, 6) is -1.40. The first kappa shape index (κ1) is 13.9. The number of esters is 2. The number of carbonyl (C=O) groups is 2. The van der Waals surface area contributed by atoms with E-state index in [1.54, 1.807) is 0 Å². The topological polar surface area (TPSA) is 52.6 Å². The van der Waals surface area contributed by atoms with E-state index < -0.39 is 11.8 Å². The van der Waals surface area contributed by atoms with Crippen molar-refractivity contribution in [3.8, 4) is 0 Å². The summed E-state index contributed by atoms with van der Waals surface area (Å²) in [6, 6.07) is 9.99. The monoisotopic (exact) mass is 286 g/mol. The van der Waals surface area contributed by atoms with Crippen molar-refractivity contribution in [3.05, 3.63) is 42.0 Å². The van der Waals surface area contributed by atoms with Gasteiger partial charge in [0.1, 0.15) is 0 Å². The highest BCUT2D eigenvalue weighted by Gasteiger charge is 2.55. The van der Waals surface area contributed by atoms with Crippen LogP contribution in [0.3, 0.4) is 0 Å². The molecule has 1 fully saturated rings. The molecule has 4 heteroatoms. The fourth-order valence-corrected chi connectivity index (χ4v) is 3.79. The zero-order valence-electron chi connectivity index (χ0n) is 12.1. The van der Waals surface area contributed by atoms with E-state index >= 15 is 0 Å². The first-order valence-electron chi connectivity index (χ1n) is 7.10. The summed E-state index contributed by atoms with van der Waals surface area (Å²) in [6.45, 7) is 0. The number of methoxy groups -OCH3 is 2. The predicted octanol–water partition coefficient (Wildman–Crippen LogP) is 2.30. The maximum Gasteiger partial charge on any atom is 0.310 e. The Hall–Kier alpha value is -2.10. The smallest absolute Gasteiger partial charge is 0.310 e. The first-order valence-corrected chi connectivity index (χ1v) is 7.10. The van der Waals surface area contributed by atoms with Crippen molar-refractivity contribution in [2.24, 2.45) is 23.7 Å². The van der Waals surface area contributed by atoms with E-state index in [4.69, 9.17) is 9.47 Å². The zero-order chi connectivity index (χ0) is 15.0. The third-order valence-electron chi connectivity index (χ3n) is 4.65. The molecule has 0 aromatic heterocycles. The molecule has 1 aromatic carbocycles. The molecule has 2 aliphatic carbocycles. The summed E-state index contributed by atoms with van der Waals surface area (Å²) in [7, 11) is 2.74. The standard InChI is InChI=1S/C17H18O4/c1-20-16(18)14-11-8-12(10-6-4-3-5-7-10)13(9-11)15(14)17(19)21-2/h3-8,11,13-15H,9H2,1-2H3/t11-,13-,14-,15+/m1/s1. The van der Waals surface area contributed by atoms with E-state index in [0.717, 1.165) is 17.6 Å². The molecular formula is C17H18O4. The van der Waals surface area contributed by atoms with Gasteiger partial charge >= 0.3 is 11.9 Å².